The number of hydrogen-bond donors (Lipinski definition) is 3. The molecule has 7 heteroatoms. The topological polar surface area (TPSA) is 91.8 Å². The standard InChI is InChI=1S/C30H36FN3O3/c1-27-9-8-20-14-30(31)26(36)25(35)22(34(2)3)15-28(30)10-11-29(20,37-28)23(27)7-6-21(27)18-5-4-17-13-24(32)33-16-19(17)12-18/h4-6,8,12-13,16,22-23,25-26,35-36H,7,9-11,14-15H2,1-3H3,(H2,32,33). The summed E-state index contributed by atoms with van der Waals surface area (Å²) in [5, 5.41) is 24.1. The van der Waals surface area contributed by atoms with Gasteiger partial charge in [-0.1, -0.05) is 31.2 Å². The summed E-state index contributed by atoms with van der Waals surface area (Å²) in [6.45, 7) is 2.33. The fraction of sp³-hybridized carbons (Fsp3) is 0.567. The molecule has 3 fully saturated rings. The number of hydrogen-bond acceptors (Lipinski definition) is 6. The van der Waals surface area contributed by atoms with Crippen molar-refractivity contribution in [3.05, 3.63) is 53.8 Å². The molecule has 5 aliphatic rings. The Hall–Kier alpha value is -2.32. The van der Waals surface area contributed by atoms with Crippen LogP contribution in [0.2, 0.25) is 0 Å². The van der Waals surface area contributed by atoms with Gasteiger partial charge >= 0.3 is 0 Å². The molecule has 3 heterocycles. The highest BCUT2D eigenvalue weighted by Crippen LogP contribution is 2.70. The Balaban J connectivity index is 1.28. The van der Waals surface area contributed by atoms with E-state index >= 15 is 4.39 Å². The number of anilines is 1. The van der Waals surface area contributed by atoms with Crippen LogP contribution in [0.5, 0.6) is 0 Å². The molecule has 2 spiro atoms. The minimum atomic E-state index is -1.99. The summed E-state index contributed by atoms with van der Waals surface area (Å²) in [7, 11) is 3.75. The maximum atomic E-state index is 16.9. The fourth-order valence-corrected chi connectivity index (χ4v) is 8.76. The van der Waals surface area contributed by atoms with Crippen molar-refractivity contribution in [2.75, 3.05) is 19.8 Å². The zero-order valence-electron chi connectivity index (χ0n) is 21.7. The van der Waals surface area contributed by atoms with Crippen LogP contribution < -0.4 is 5.73 Å². The van der Waals surface area contributed by atoms with E-state index < -0.39 is 29.1 Å². The molecule has 1 aromatic heterocycles. The Bertz CT molecular complexity index is 1380. The molecular formula is C30H36FN3O3. The highest BCUT2D eigenvalue weighted by atomic mass is 19.1. The maximum absolute atomic E-state index is 16.9. The van der Waals surface area contributed by atoms with E-state index in [0.29, 0.717) is 18.7 Å². The van der Waals surface area contributed by atoms with E-state index in [9.17, 15) is 10.2 Å². The summed E-state index contributed by atoms with van der Waals surface area (Å²) >= 11 is 0. The quantitative estimate of drug-likeness (QED) is 0.534. The molecule has 37 heavy (non-hydrogen) atoms. The number of rotatable bonds is 2. The van der Waals surface area contributed by atoms with Gasteiger partial charge in [0.25, 0.3) is 0 Å². The van der Waals surface area contributed by atoms with E-state index in [1.165, 1.54) is 11.1 Å². The lowest BCUT2D eigenvalue weighted by molar-refractivity contribution is -0.282. The van der Waals surface area contributed by atoms with Crippen LogP contribution in [0.4, 0.5) is 10.2 Å². The predicted octanol–water partition coefficient (Wildman–Crippen LogP) is 4.01. The Kier molecular flexibility index (Phi) is 4.76. The number of halogens is 1. The Labute approximate surface area is 217 Å². The lowest BCUT2D eigenvalue weighted by Gasteiger charge is -2.61. The van der Waals surface area contributed by atoms with Gasteiger partial charge in [0.05, 0.1) is 11.7 Å². The Morgan fingerprint density at radius 1 is 1.14 bits per heavy atom. The van der Waals surface area contributed by atoms with Crippen LogP contribution in [0.25, 0.3) is 16.3 Å². The lowest BCUT2D eigenvalue weighted by Crippen LogP contribution is -2.73. The molecular weight excluding hydrogens is 469 g/mol. The number of aliphatic hydroxyl groups excluding tert-OH is 2. The molecule has 2 aromatic rings. The highest BCUT2D eigenvalue weighted by Gasteiger charge is 2.76. The number of fused-ring (bicyclic) bond motifs is 2. The number of likely N-dealkylation sites (N-methyl/N-ethyl adjacent to an activating group) is 1. The van der Waals surface area contributed by atoms with Crippen molar-refractivity contribution in [3.63, 3.8) is 0 Å². The van der Waals surface area contributed by atoms with E-state index in [0.717, 1.165) is 35.6 Å². The molecule has 4 N–H and O–H groups in total. The number of allylic oxidation sites excluding steroid dienone is 3. The van der Waals surface area contributed by atoms with Crippen molar-refractivity contribution in [1.29, 1.82) is 0 Å². The number of alkyl halides is 1. The molecule has 8 atom stereocenters. The van der Waals surface area contributed by atoms with E-state index in [1.54, 1.807) is 0 Å². The smallest absolute Gasteiger partial charge is 0.171 e. The monoisotopic (exact) mass is 505 g/mol. The summed E-state index contributed by atoms with van der Waals surface area (Å²) in [4.78, 5) is 6.18. The predicted molar refractivity (Wildman–Crippen MR) is 141 cm³/mol. The van der Waals surface area contributed by atoms with Gasteiger partial charge in [-0.2, -0.15) is 0 Å². The normalized spacial score (nSPS) is 44.3. The lowest BCUT2D eigenvalue weighted by atomic mass is 9.56. The molecule has 3 aliphatic carbocycles. The minimum Gasteiger partial charge on any atom is -0.389 e. The van der Waals surface area contributed by atoms with E-state index in [-0.39, 0.29) is 23.8 Å². The van der Waals surface area contributed by atoms with Gasteiger partial charge in [-0.05, 0) is 80.4 Å². The van der Waals surface area contributed by atoms with Crippen LogP contribution in [-0.2, 0) is 4.74 Å². The van der Waals surface area contributed by atoms with E-state index in [1.807, 2.05) is 31.3 Å². The Morgan fingerprint density at radius 3 is 2.73 bits per heavy atom. The van der Waals surface area contributed by atoms with Gasteiger partial charge in [0.2, 0.25) is 0 Å². The second kappa shape index (κ2) is 7.41. The number of pyridine rings is 1. The Morgan fingerprint density at radius 2 is 1.95 bits per heavy atom. The zero-order valence-corrected chi connectivity index (χ0v) is 21.7. The highest BCUT2D eigenvalue weighted by molar-refractivity contribution is 5.88. The molecule has 0 radical (unpaired) electrons. The number of nitrogens with zero attached hydrogens (tertiary/aromatic N) is 2. The van der Waals surface area contributed by atoms with Gasteiger partial charge in [-0.3, -0.25) is 0 Å². The average molecular weight is 506 g/mol. The van der Waals surface area contributed by atoms with Crippen molar-refractivity contribution < 1.29 is 19.3 Å². The van der Waals surface area contributed by atoms with Crippen LogP contribution in [0.1, 0.15) is 51.0 Å². The summed E-state index contributed by atoms with van der Waals surface area (Å²) < 4.78 is 23.9. The van der Waals surface area contributed by atoms with Gasteiger partial charge in [0.15, 0.2) is 5.67 Å². The summed E-state index contributed by atoms with van der Waals surface area (Å²) in [6, 6.07) is 8.02. The molecule has 1 aromatic carbocycles. The molecule has 2 aliphatic heterocycles. The third-order valence-electron chi connectivity index (χ3n) is 10.7. The summed E-state index contributed by atoms with van der Waals surface area (Å²) in [5.74, 6) is 0.711. The van der Waals surface area contributed by atoms with Gasteiger partial charge in [0.1, 0.15) is 17.5 Å². The number of nitrogen functional groups attached to an aromatic ring is 1. The van der Waals surface area contributed by atoms with Gasteiger partial charge in [0, 0.05) is 35.4 Å². The second-order valence-electron chi connectivity index (χ2n) is 12.6. The van der Waals surface area contributed by atoms with Crippen LogP contribution in [-0.4, -0.2) is 69.3 Å². The average Bonchev–Trinajstić information content (AvgIpc) is 3.40. The van der Waals surface area contributed by atoms with E-state index in [4.69, 9.17) is 10.5 Å². The molecule has 6 nitrogen and oxygen atoms in total. The molecule has 0 amide bonds. The number of ether oxygens (including phenoxy) is 1. The zero-order chi connectivity index (χ0) is 26.0. The largest absolute Gasteiger partial charge is 0.389 e. The molecule has 2 bridgehead atoms. The molecule has 1 saturated carbocycles. The fourth-order valence-electron chi connectivity index (χ4n) is 8.76. The first-order valence-electron chi connectivity index (χ1n) is 13.5. The molecule has 8 unspecified atom stereocenters. The minimum absolute atomic E-state index is 0.135. The van der Waals surface area contributed by atoms with Crippen LogP contribution in [0.15, 0.2) is 48.2 Å². The van der Waals surface area contributed by atoms with Crippen molar-refractivity contribution in [3.8, 4) is 0 Å². The third kappa shape index (κ3) is 2.86. The van der Waals surface area contributed by atoms with E-state index in [2.05, 4.69) is 42.3 Å². The van der Waals surface area contributed by atoms with Crippen molar-refractivity contribution in [2.24, 2.45) is 11.3 Å². The van der Waals surface area contributed by atoms with Gasteiger partial charge < -0.3 is 25.6 Å². The first kappa shape index (κ1) is 23.8. The van der Waals surface area contributed by atoms with Crippen molar-refractivity contribution >= 4 is 22.2 Å². The summed E-state index contributed by atoms with van der Waals surface area (Å²) in [6.07, 6.45) is 7.24. The molecule has 7 rings (SSSR count). The first-order chi connectivity index (χ1) is 17.5. The van der Waals surface area contributed by atoms with Crippen LogP contribution in [0.3, 0.4) is 0 Å². The van der Waals surface area contributed by atoms with Gasteiger partial charge in [-0.15, -0.1) is 0 Å². The number of aliphatic hydroxyl groups is 2. The van der Waals surface area contributed by atoms with Crippen LogP contribution in [0, 0.1) is 11.3 Å². The van der Waals surface area contributed by atoms with Crippen molar-refractivity contribution in [2.45, 2.75) is 80.6 Å². The number of nitrogens with two attached hydrogens (primary N) is 1. The third-order valence-corrected chi connectivity index (χ3v) is 10.7. The number of aromatic nitrogens is 1. The molecule has 2 saturated heterocycles. The van der Waals surface area contributed by atoms with Gasteiger partial charge in [-0.25, -0.2) is 9.37 Å². The van der Waals surface area contributed by atoms with Crippen LogP contribution >= 0.6 is 0 Å². The van der Waals surface area contributed by atoms with Crippen molar-refractivity contribution in [1.82, 2.24) is 9.88 Å². The maximum Gasteiger partial charge on any atom is 0.171 e. The molecule has 196 valence electrons. The first-order valence-corrected chi connectivity index (χ1v) is 13.5. The number of benzene rings is 1. The SMILES string of the molecule is CN(C)C1CC23CCC4(O2)C(=CCC2(C)C(c5ccc6cc(N)ncc6c5)=CCC24)CC3(F)C(O)C1O. The second-order valence-corrected chi connectivity index (χ2v) is 12.6. The summed E-state index contributed by atoms with van der Waals surface area (Å²) in [5.41, 5.74) is 5.61.